The summed E-state index contributed by atoms with van der Waals surface area (Å²) in [5, 5.41) is 34.7. The standard InChI is InChI=1S/C19H16ClFN6O3/c20-13-2-1-12(21)9-15(13)30-19(11-22)5-7-27(8-6-19)16-4-3-14(23-24-16)18-26-25-17(10-28)29-18/h1-4,9,28H,5-8,10H2. The zero-order chi connectivity index (χ0) is 21.1. The number of hydrogen-bond acceptors (Lipinski definition) is 9. The van der Waals surface area contributed by atoms with Gasteiger partial charge in [-0.25, -0.2) is 4.39 Å². The van der Waals surface area contributed by atoms with Crippen LogP contribution in [0.25, 0.3) is 11.6 Å². The van der Waals surface area contributed by atoms with Crippen molar-refractivity contribution in [3.63, 3.8) is 0 Å². The summed E-state index contributed by atoms with van der Waals surface area (Å²) in [6, 6.07) is 9.47. The average molecular weight is 431 g/mol. The number of aliphatic hydroxyl groups is 1. The number of ether oxygens (including phenoxy) is 1. The maximum atomic E-state index is 13.5. The van der Waals surface area contributed by atoms with E-state index in [0.717, 1.165) is 0 Å². The molecule has 0 aliphatic carbocycles. The lowest BCUT2D eigenvalue weighted by Crippen LogP contribution is -2.47. The first-order chi connectivity index (χ1) is 14.5. The van der Waals surface area contributed by atoms with E-state index in [1.54, 1.807) is 12.1 Å². The minimum Gasteiger partial charge on any atom is -0.471 e. The van der Waals surface area contributed by atoms with Crippen molar-refractivity contribution in [1.29, 1.82) is 5.26 Å². The highest BCUT2D eigenvalue weighted by molar-refractivity contribution is 6.32. The van der Waals surface area contributed by atoms with Crippen molar-refractivity contribution >= 4 is 17.4 Å². The van der Waals surface area contributed by atoms with Gasteiger partial charge in [0.05, 0.1) is 5.02 Å². The Kier molecular flexibility index (Phi) is 5.48. The largest absolute Gasteiger partial charge is 0.471 e. The predicted molar refractivity (Wildman–Crippen MR) is 103 cm³/mol. The van der Waals surface area contributed by atoms with Gasteiger partial charge in [0, 0.05) is 32.0 Å². The number of nitrogens with zero attached hydrogens (tertiary/aromatic N) is 6. The number of aromatic nitrogens is 4. The summed E-state index contributed by atoms with van der Waals surface area (Å²) in [6.07, 6.45) is 0.757. The smallest absolute Gasteiger partial charge is 0.268 e. The Labute approximate surface area is 175 Å². The topological polar surface area (TPSA) is 121 Å². The molecule has 3 heterocycles. The third kappa shape index (κ3) is 4.03. The van der Waals surface area contributed by atoms with Crippen LogP contribution in [-0.4, -0.2) is 44.2 Å². The van der Waals surface area contributed by atoms with Crippen LogP contribution >= 0.6 is 11.6 Å². The zero-order valence-corrected chi connectivity index (χ0v) is 16.4. The third-order valence-electron chi connectivity index (χ3n) is 4.77. The van der Waals surface area contributed by atoms with E-state index >= 15 is 0 Å². The molecule has 0 atom stereocenters. The molecule has 4 rings (SSSR count). The van der Waals surface area contributed by atoms with Crippen molar-refractivity contribution < 1.29 is 18.7 Å². The van der Waals surface area contributed by atoms with Crippen LogP contribution in [0.15, 0.2) is 34.7 Å². The first-order valence-corrected chi connectivity index (χ1v) is 9.47. The fourth-order valence-corrected chi connectivity index (χ4v) is 3.28. The van der Waals surface area contributed by atoms with E-state index in [9.17, 15) is 9.65 Å². The Balaban J connectivity index is 1.44. The second kappa shape index (κ2) is 8.22. The molecular formula is C19H16ClFN6O3. The first kappa shape index (κ1) is 20.0. The Morgan fingerprint density at radius 2 is 2.00 bits per heavy atom. The Morgan fingerprint density at radius 1 is 1.20 bits per heavy atom. The molecule has 1 saturated heterocycles. The summed E-state index contributed by atoms with van der Waals surface area (Å²) in [7, 11) is 0. The fraction of sp³-hybridized carbons (Fsp3) is 0.316. The van der Waals surface area contributed by atoms with Gasteiger partial charge in [0.25, 0.3) is 5.89 Å². The summed E-state index contributed by atoms with van der Waals surface area (Å²) in [5.74, 6) is 0.551. The van der Waals surface area contributed by atoms with Crippen LogP contribution in [-0.2, 0) is 6.61 Å². The highest BCUT2D eigenvalue weighted by Gasteiger charge is 2.38. The van der Waals surface area contributed by atoms with Gasteiger partial charge in [-0.3, -0.25) is 0 Å². The molecule has 0 bridgehead atoms. The maximum Gasteiger partial charge on any atom is 0.268 e. The van der Waals surface area contributed by atoms with Gasteiger partial charge in [0.15, 0.2) is 11.4 Å². The van der Waals surface area contributed by atoms with Crippen LogP contribution in [0.1, 0.15) is 18.7 Å². The Hall–Kier alpha value is -3.29. The summed E-state index contributed by atoms with van der Waals surface area (Å²) < 4.78 is 24.6. The summed E-state index contributed by atoms with van der Waals surface area (Å²) in [4.78, 5) is 1.97. The molecule has 0 saturated carbocycles. The maximum absolute atomic E-state index is 13.5. The summed E-state index contributed by atoms with van der Waals surface area (Å²) in [6.45, 7) is 0.628. The van der Waals surface area contributed by atoms with Crippen LogP contribution in [0.2, 0.25) is 5.02 Å². The van der Waals surface area contributed by atoms with E-state index in [-0.39, 0.29) is 29.2 Å². The molecule has 0 radical (unpaired) electrons. The van der Waals surface area contributed by atoms with Crippen molar-refractivity contribution in [3.05, 3.63) is 47.1 Å². The minimum absolute atomic E-state index is 0.0955. The number of hydrogen-bond donors (Lipinski definition) is 1. The van der Waals surface area contributed by atoms with Gasteiger partial charge in [-0.15, -0.1) is 20.4 Å². The lowest BCUT2D eigenvalue weighted by atomic mass is 9.92. The first-order valence-electron chi connectivity index (χ1n) is 9.09. The van der Waals surface area contributed by atoms with Gasteiger partial charge < -0.3 is 19.2 Å². The predicted octanol–water partition coefficient (Wildman–Crippen LogP) is 2.75. The van der Waals surface area contributed by atoms with Crippen molar-refractivity contribution in [2.75, 3.05) is 18.0 Å². The minimum atomic E-state index is -1.11. The van der Waals surface area contributed by atoms with E-state index in [0.29, 0.717) is 37.4 Å². The molecular weight excluding hydrogens is 415 g/mol. The fourth-order valence-electron chi connectivity index (χ4n) is 3.13. The molecule has 1 aromatic carbocycles. The number of nitriles is 1. The molecule has 30 heavy (non-hydrogen) atoms. The highest BCUT2D eigenvalue weighted by Crippen LogP contribution is 2.34. The van der Waals surface area contributed by atoms with Crippen LogP contribution in [0, 0.1) is 17.1 Å². The van der Waals surface area contributed by atoms with Crippen molar-refractivity contribution in [1.82, 2.24) is 20.4 Å². The van der Waals surface area contributed by atoms with Gasteiger partial charge in [-0.2, -0.15) is 5.26 Å². The Bertz CT molecular complexity index is 1080. The van der Waals surface area contributed by atoms with Crippen LogP contribution in [0.3, 0.4) is 0 Å². The monoisotopic (exact) mass is 430 g/mol. The van der Waals surface area contributed by atoms with E-state index in [4.69, 9.17) is 25.9 Å². The second-order valence-electron chi connectivity index (χ2n) is 6.71. The number of aliphatic hydroxyl groups excluding tert-OH is 1. The molecule has 9 nitrogen and oxygen atoms in total. The zero-order valence-electron chi connectivity index (χ0n) is 15.6. The molecule has 154 valence electrons. The second-order valence-corrected chi connectivity index (χ2v) is 7.11. The molecule has 11 heteroatoms. The van der Waals surface area contributed by atoms with E-state index in [1.807, 2.05) is 4.90 Å². The number of anilines is 1. The molecule has 1 N–H and O–H groups in total. The molecule has 2 aromatic heterocycles. The van der Waals surface area contributed by atoms with Crippen LogP contribution in [0.4, 0.5) is 10.2 Å². The number of halogens is 2. The number of rotatable bonds is 5. The molecule has 0 unspecified atom stereocenters. The lowest BCUT2D eigenvalue weighted by molar-refractivity contribution is 0.0988. The van der Waals surface area contributed by atoms with Gasteiger partial charge in [-0.05, 0) is 24.3 Å². The molecule has 1 fully saturated rings. The van der Waals surface area contributed by atoms with Gasteiger partial charge in [-0.1, -0.05) is 11.6 Å². The molecule has 3 aromatic rings. The number of piperidine rings is 1. The quantitative estimate of drug-likeness (QED) is 0.650. The Morgan fingerprint density at radius 3 is 2.63 bits per heavy atom. The van der Waals surface area contributed by atoms with Gasteiger partial charge in [0.1, 0.15) is 29.9 Å². The van der Waals surface area contributed by atoms with Crippen LogP contribution in [0.5, 0.6) is 5.75 Å². The van der Waals surface area contributed by atoms with E-state index in [1.165, 1.54) is 18.2 Å². The van der Waals surface area contributed by atoms with Crippen molar-refractivity contribution in [2.24, 2.45) is 0 Å². The van der Waals surface area contributed by atoms with Crippen LogP contribution < -0.4 is 9.64 Å². The van der Waals surface area contributed by atoms with Crippen molar-refractivity contribution in [2.45, 2.75) is 25.0 Å². The third-order valence-corrected chi connectivity index (χ3v) is 5.08. The normalized spacial score (nSPS) is 15.6. The SMILES string of the molecule is N#CC1(Oc2cc(F)ccc2Cl)CCN(c2ccc(-c3nnc(CO)o3)nn2)CC1. The number of benzene rings is 1. The lowest BCUT2D eigenvalue weighted by Gasteiger charge is -2.37. The molecule has 0 spiro atoms. The van der Waals surface area contributed by atoms with E-state index < -0.39 is 11.4 Å². The summed E-state index contributed by atoms with van der Waals surface area (Å²) in [5.41, 5.74) is -0.718. The molecule has 1 aliphatic rings. The van der Waals surface area contributed by atoms with E-state index in [2.05, 4.69) is 26.5 Å². The van der Waals surface area contributed by atoms with Gasteiger partial charge >= 0.3 is 0 Å². The molecule has 0 amide bonds. The van der Waals surface area contributed by atoms with Crippen molar-refractivity contribution in [3.8, 4) is 23.4 Å². The van der Waals surface area contributed by atoms with Gasteiger partial charge in [0.2, 0.25) is 5.89 Å². The molecule has 1 aliphatic heterocycles. The average Bonchev–Trinajstić information content (AvgIpc) is 3.26. The summed E-state index contributed by atoms with van der Waals surface area (Å²) >= 11 is 6.07. The highest BCUT2D eigenvalue weighted by atomic mass is 35.5.